The molecule has 3 heterocycles. The predicted octanol–water partition coefficient (Wildman–Crippen LogP) is 2.40. The van der Waals surface area contributed by atoms with Gasteiger partial charge < -0.3 is 4.74 Å². The molecule has 0 aromatic carbocycles. The van der Waals surface area contributed by atoms with Crippen LogP contribution in [0.5, 0.6) is 0 Å². The van der Waals surface area contributed by atoms with Gasteiger partial charge in [0.15, 0.2) is 5.12 Å². The van der Waals surface area contributed by atoms with E-state index in [1.807, 2.05) is 16.0 Å². The number of nitrogens with zero attached hydrogens (tertiary/aromatic N) is 4. The van der Waals surface area contributed by atoms with Gasteiger partial charge in [0, 0.05) is 37.3 Å². The summed E-state index contributed by atoms with van der Waals surface area (Å²) in [7, 11) is 1.63. The number of ether oxygens (including phenoxy) is 1. The third-order valence-corrected chi connectivity index (χ3v) is 6.02. The Kier molecular flexibility index (Phi) is 5.85. The number of thiazole rings is 1. The number of thioether (sulfide) groups is 1. The van der Waals surface area contributed by atoms with Gasteiger partial charge in [-0.25, -0.2) is 9.78 Å². The van der Waals surface area contributed by atoms with E-state index in [4.69, 9.17) is 4.74 Å². The van der Waals surface area contributed by atoms with Crippen LogP contribution < -0.4 is 4.90 Å². The Bertz CT molecular complexity index is 877. The molecule has 0 spiro atoms. The topological polar surface area (TPSA) is 84.2 Å². The first-order valence-corrected chi connectivity index (χ1v) is 10.1. The molecular formula is C17H20N4O4S2. The van der Waals surface area contributed by atoms with Crippen LogP contribution in [-0.2, 0) is 14.3 Å². The quantitative estimate of drug-likeness (QED) is 0.707. The van der Waals surface area contributed by atoms with Crippen LogP contribution in [0.3, 0.4) is 0 Å². The molecule has 1 aliphatic heterocycles. The molecule has 0 saturated carbocycles. The fourth-order valence-corrected chi connectivity index (χ4v) is 4.74. The minimum atomic E-state index is -0.713. The second kappa shape index (κ2) is 8.13. The number of carbonyl (C=O) groups is 3. The molecule has 0 unspecified atom stereocenters. The molecule has 3 rings (SSSR count). The lowest BCUT2D eigenvalue weighted by atomic mass is 10.2. The molecule has 0 bridgehead atoms. The number of fused-ring (bicyclic) bond motifs is 1. The lowest BCUT2D eigenvalue weighted by molar-refractivity contribution is -0.122. The predicted molar refractivity (Wildman–Crippen MR) is 105 cm³/mol. The van der Waals surface area contributed by atoms with Crippen molar-refractivity contribution in [1.82, 2.24) is 14.3 Å². The zero-order valence-electron chi connectivity index (χ0n) is 15.0. The number of likely N-dealkylation sites (tertiary alicyclic amines) is 1. The van der Waals surface area contributed by atoms with Crippen molar-refractivity contribution in [3.63, 3.8) is 0 Å². The summed E-state index contributed by atoms with van der Waals surface area (Å²) in [6, 6.07) is -0.713. The first-order chi connectivity index (χ1) is 12.9. The lowest BCUT2D eigenvalue weighted by Gasteiger charge is -2.26. The van der Waals surface area contributed by atoms with Gasteiger partial charge >= 0.3 is 6.09 Å². The highest BCUT2D eigenvalue weighted by Crippen LogP contribution is 2.30. The maximum Gasteiger partial charge on any atom is 0.410 e. The number of hydrogen-bond donors (Lipinski definition) is 0. The standard InChI is InChI=1S/C17H20N4O4S2/c1-4-6-25-17(24)21-10-12(27-11(2)22)8-13(21)15(23)19(3)16-18-9-14-20(16)5-7-26-14/h4-5,7,9,12-13H,1,6,8,10H2,2-3H3/t12-,13-/m0/s1. The number of imidazole rings is 1. The number of hydrogen-bond acceptors (Lipinski definition) is 7. The third-order valence-electron chi connectivity index (χ3n) is 4.21. The summed E-state index contributed by atoms with van der Waals surface area (Å²) in [5.74, 6) is 0.217. The van der Waals surface area contributed by atoms with Crippen LogP contribution in [0.1, 0.15) is 13.3 Å². The minimum Gasteiger partial charge on any atom is -0.445 e. The van der Waals surface area contributed by atoms with E-state index in [9.17, 15) is 14.4 Å². The van der Waals surface area contributed by atoms with Crippen LogP contribution >= 0.6 is 23.1 Å². The first-order valence-electron chi connectivity index (χ1n) is 8.32. The number of rotatable bonds is 5. The molecule has 2 aromatic rings. The molecule has 0 N–H and O–H groups in total. The van der Waals surface area contributed by atoms with Crippen LogP contribution in [0.4, 0.5) is 10.7 Å². The van der Waals surface area contributed by atoms with Crippen molar-refractivity contribution in [1.29, 1.82) is 0 Å². The van der Waals surface area contributed by atoms with Gasteiger partial charge in [-0.2, -0.15) is 0 Å². The van der Waals surface area contributed by atoms with E-state index in [2.05, 4.69) is 11.6 Å². The Morgan fingerprint density at radius 3 is 3.00 bits per heavy atom. The van der Waals surface area contributed by atoms with Gasteiger partial charge in [0.25, 0.3) is 5.91 Å². The Balaban J connectivity index is 1.82. The summed E-state index contributed by atoms with van der Waals surface area (Å²) in [6.45, 7) is 5.34. The van der Waals surface area contributed by atoms with E-state index in [-0.39, 0.29) is 29.4 Å². The molecule has 144 valence electrons. The van der Waals surface area contributed by atoms with E-state index in [0.717, 1.165) is 16.6 Å². The van der Waals surface area contributed by atoms with Crippen molar-refractivity contribution in [3.05, 3.63) is 30.4 Å². The van der Waals surface area contributed by atoms with E-state index in [1.54, 1.807) is 13.2 Å². The molecule has 27 heavy (non-hydrogen) atoms. The minimum absolute atomic E-state index is 0.0471. The molecule has 0 aliphatic carbocycles. The molecular weight excluding hydrogens is 388 g/mol. The number of carbonyl (C=O) groups excluding carboxylic acids is 3. The maximum atomic E-state index is 13.1. The van der Waals surface area contributed by atoms with E-state index >= 15 is 0 Å². The average Bonchev–Trinajstić information content (AvgIpc) is 3.33. The van der Waals surface area contributed by atoms with Crippen molar-refractivity contribution in [2.24, 2.45) is 0 Å². The Morgan fingerprint density at radius 1 is 1.52 bits per heavy atom. The van der Waals surface area contributed by atoms with Crippen molar-refractivity contribution in [2.45, 2.75) is 24.6 Å². The maximum absolute atomic E-state index is 13.1. The second-order valence-electron chi connectivity index (χ2n) is 6.07. The fraction of sp³-hybridized carbons (Fsp3) is 0.412. The summed E-state index contributed by atoms with van der Waals surface area (Å²) < 4.78 is 6.94. The second-order valence-corrected chi connectivity index (χ2v) is 8.47. The number of anilines is 1. The molecule has 2 amide bonds. The van der Waals surface area contributed by atoms with Crippen LogP contribution in [0, 0.1) is 0 Å². The summed E-state index contributed by atoms with van der Waals surface area (Å²) in [5, 5.41) is 1.71. The normalized spacial score (nSPS) is 19.3. The van der Waals surface area contributed by atoms with Gasteiger partial charge in [-0.1, -0.05) is 24.4 Å². The van der Waals surface area contributed by atoms with Crippen molar-refractivity contribution >= 4 is 51.0 Å². The van der Waals surface area contributed by atoms with Gasteiger partial charge in [0.1, 0.15) is 17.5 Å². The van der Waals surface area contributed by atoms with Crippen LogP contribution in [-0.4, -0.2) is 62.9 Å². The van der Waals surface area contributed by atoms with Crippen molar-refractivity contribution in [3.8, 4) is 0 Å². The van der Waals surface area contributed by atoms with Crippen molar-refractivity contribution < 1.29 is 19.1 Å². The molecule has 1 saturated heterocycles. The smallest absolute Gasteiger partial charge is 0.410 e. The molecule has 1 fully saturated rings. The molecule has 2 aromatic heterocycles. The van der Waals surface area contributed by atoms with Crippen LogP contribution in [0.15, 0.2) is 30.4 Å². The van der Waals surface area contributed by atoms with E-state index in [0.29, 0.717) is 12.4 Å². The zero-order valence-corrected chi connectivity index (χ0v) is 16.7. The Labute approximate surface area is 164 Å². The molecule has 8 nitrogen and oxygen atoms in total. The van der Waals surface area contributed by atoms with Gasteiger partial charge in [-0.15, -0.1) is 11.3 Å². The average molecular weight is 409 g/mol. The highest BCUT2D eigenvalue weighted by molar-refractivity contribution is 8.14. The van der Waals surface area contributed by atoms with E-state index < -0.39 is 12.1 Å². The SMILES string of the molecule is C=CCOC(=O)N1C[C@@H](SC(C)=O)C[C@H]1C(=O)N(C)c1ncc2sccn12. The highest BCUT2D eigenvalue weighted by Gasteiger charge is 2.43. The molecule has 2 atom stereocenters. The zero-order chi connectivity index (χ0) is 19.6. The number of likely N-dealkylation sites (N-methyl/N-ethyl adjacent to an activating group) is 1. The van der Waals surface area contributed by atoms with Gasteiger partial charge in [0.2, 0.25) is 5.95 Å². The van der Waals surface area contributed by atoms with Gasteiger partial charge in [-0.05, 0) is 6.42 Å². The first kappa shape index (κ1) is 19.4. The van der Waals surface area contributed by atoms with Gasteiger partial charge in [0.05, 0.1) is 6.20 Å². The summed E-state index contributed by atoms with van der Waals surface area (Å²) in [5.41, 5.74) is 0. The molecule has 1 aliphatic rings. The highest BCUT2D eigenvalue weighted by atomic mass is 32.2. The summed E-state index contributed by atoms with van der Waals surface area (Å²) in [4.78, 5) is 45.1. The summed E-state index contributed by atoms with van der Waals surface area (Å²) in [6.07, 6.45) is 4.80. The number of aromatic nitrogens is 2. The Hall–Kier alpha value is -2.33. The molecule has 0 radical (unpaired) electrons. The Morgan fingerprint density at radius 2 is 2.30 bits per heavy atom. The fourth-order valence-electron chi connectivity index (χ4n) is 3.06. The third kappa shape index (κ3) is 4.01. The van der Waals surface area contributed by atoms with Crippen molar-refractivity contribution in [2.75, 3.05) is 25.1 Å². The number of amides is 2. The summed E-state index contributed by atoms with van der Waals surface area (Å²) >= 11 is 2.66. The van der Waals surface area contributed by atoms with Gasteiger partial charge in [-0.3, -0.25) is 23.8 Å². The lowest BCUT2D eigenvalue weighted by Crippen LogP contribution is -2.47. The van der Waals surface area contributed by atoms with E-state index in [1.165, 1.54) is 34.1 Å². The van der Waals surface area contributed by atoms with Crippen LogP contribution in [0.25, 0.3) is 4.83 Å². The monoisotopic (exact) mass is 408 g/mol. The molecule has 10 heteroatoms. The van der Waals surface area contributed by atoms with Crippen LogP contribution in [0.2, 0.25) is 0 Å². The largest absolute Gasteiger partial charge is 0.445 e.